The molecule has 1 aliphatic rings. The number of ether oxygens (including phenoxy) is 2. The zero-order chi connectivity index (χ0) is 27.3. The van der Waals surface area contributed by atoms with Gasteiger partial charge in [0.15, 0.2) is 12.0 Å². The second-order valence-corrected chi connectivity index (χ2v) is 10.6. The van der Waals surface area contributed by atoms with Gasteiger partial charge in [0, 0.05) is 61.2 Å². The molecule has 3 aromatic rings. The maximum atomic E-state index is 12.5. The minimum atomic E-state index is -1.16. The van der Waals surface area contributed by atoms with Crippen molar-refractivity contribution in [3.8, 4) is 0 Å². The molecule has 1 saturated heterocycles. The lowest BCUT2D eigenvalue weighted by atomic mass is 9.85. The van der Waals surface area contributed by atoms with Crippen LogP contribution in [0.1, 0.15) is 39.7 Å². The number of rotatable bonds is 10. The first-order valence-electron chi connectivity index (χ1n) is 12.4. The van der Waals surface area contributed by atoms with Crippen LogP contribution in [0, 0.1) is 0 Å². The van der Waals surface area contributed by atoms with Gasteiger partial charge < -0.3 is 14.6 Å². The summed E-state index contributed by atoms with van der Waals surface area (Å²) in [5.74, 6) is 0. The number of pyridine rings is 1. The summed E-state index contributed by atoms with van der Waals surface area (Å²) in [6.45, 7) is 5.39. The van der Waals surface area contributed by atoms with E-state index < -0.39 is 11.3 Å². The first-order chi connectivity index (χ1) is 18.2. The highest BCUT2D eigenvalue weighted by atomic mass is 35.5. The fourth-order valence-electron chi connectivity index (χ4n) is 5.09. The number of carbonyl (C=O) groups is 1. The van der Waals surface area contributed by atoms with E-state index in [9.17, 15) is 9.90 Å². The van der Waals surface area contributed by atoms with Crippen LogP contribution < -0.4 is 0 Å². The summed E-state index contributed by atoms with van der Waals surface area (Å²) < 4.78 is 11.7. The smallest absolute Gasteiger partial charge is 0.174 e. The largest absolute Gasteiger partial charge is 0.384 e. The Bertz CT molecular complexity index is 1230. The molecule has 9 heteroatoms. The van der Waals surface area contributed by atoms with Gasteiger partial charge in [-0.25, -0.2) is 0 Å². The van der Waals surface area contributed by atoms with Crippen LogP contribution in [0.4, 0.5) is 0 Å². The molecule has 2 atom stereocenters. The van der Waals surface area contributed by atoms with Crippen molar-refractivity contribution in [2.45, 2.75) is 24.8 Å². The van der Waals surface area contributed by atoms with E-state index in [0.717, 1.165) is 30.6 Å². The number of aromatic nitrogens is 1. The summed E-state index contributed by atoms with van der Waals surface area (Å²) in [7, 11) is 3.52. The molecule has 2 heterocycles. The zero-order valence-electron chi connectivity index (χ0n) is 21.9. The molecule has 4 rings (SSSR count). The lowest BCUT2D eigenvalue weighted by Crippen LogP contribution is -2.47. The van der Waals surface area contributed by atoms with Crippen LogP contribution in [0.25, 0.3) is 0 Å². The van der Waals surface area contributed by atoms with Gasteiger partial charge in [-0.3, -0.25) is 19.6 Å². The fourth-order valence-corrected chi connectivity index (χ4v) is 5.32. The molecular weight excluding hydrogens is 525 g/mol. The third kappa shape index (κ3) is 6.10. The van der Waals surface area contributed by atoms with Crippen molar-refractivity contribution in [2.24, 2.45) is 0 Å². The molecule has 0 amide bonds. The van der Waals surface area contributed by atoms with Gasteiger partial charge in [-0.2, -0.15) is 0 Å². The van der Waals surface area contributed by atoms with E-state index >= 15 is 0 Å². The Morgan fingerprint density at radius 3 is 2.34 bits per heavy atom. The maximum Gasteiger partial charge on any atom is 0.174 e. The van der Waals surface area contributed by atoms with Gasteiger partial charge in [-0.05, 0) is 49.9 Å². The summed E-state index contributed by atoms with van der Waals surface area (Å²) >= 11 is 12.3. The van der Waals surface area contributed by atoms with Crippen LogP contribution in [0.2, 0.25) is 10.0 Å². The quantitative estimate of drug-likeness (QED) is 0.285. The number of methoxy groups -OCH3 is 1. The van der Waals surface area contributed by atoms with Crippen LogP contribution in [-0.4, -0.2) is 73.2 Å². The van der Waals surface area contributed by atoms with E-state index in [0.29, 0.717) is 53.0 Å². The van der Waals surface area contributed by atoms with Gasteiger partial charge in [-0.15, -0.1) is 0 Å². The number of hydrogen-bond acceptors (Lipinski definition) is 7. The van der Waals surface area contributed by atoms with Crippen LogP contribution in [0.15, 0.2) is 60.8 Å². The minimum Gasteiger partial charge on any atom is -0.384 e. The van der Waals surface area contributed by atoms with Crippen molar-refractivity contribution in [3.63, 3.8) is 0 Å². The zero-order valence-corrected chi connectivity index (χ0v) is 23.4. The van der Waals surface area contributed by atoms with Gasteiger partial charge in [0.1, 0.15) is 0 Å². The molecule has 1 unspecified atom stereocenters. The molecule has 1 fully saturated rings. The first-order valence-corrected chi connectivity index (χ1v) is 13.2. The molecule has 0 aliphatic carbocycles. The molecule has 1 aliphatic heterocycles. The van der Waals surface area contributed by atoms with Gasteiger partial charge >= 0.3 is 0 Å². The van der Waals surface area contributed by atoms with Gasteiger partial charge in [0.05, 0.1) is 29.5 Å². The van der Waals surface area contributed by atoms with Gasteiger partial charge in [0.2, 0.25) is 0 Å². The second-order valence-electron chi connectivity index (χ2n) is 9.76. The monoisotopic (exact) mass is 557 g/mol. The Morgan fingerprint density at radius 2 is 1.74 bits per heavy atom. The Hall–Kier alpha value is -2.36. The highest BCUT2D eigenvalue weighted by molar-refractivity contribution is 6.30. The SMILES string of the molecule is CO[C@](c1ccc(Cl)cc1)(c1ccc(C(C)(O)CN2CCOCC2)cc1C=O)N(C)Cc1ccc(Cl)cn1. The summed E-state index contributed by atoms with van der Waals surface area (Å²) in [5, 5.41) is 12.5. The molecule has 2 aromatic carbocycles. The molecule has 1 N–H and O–H groups in total. The van der Waals surface area contributed by atoms with E-state index in [4.69, 9.17) is 32.7 Å². The number of benzene rings is 2. The number of nitrogens with zero attached hydrogens (tertiary/aromatic N) is 3. The molecular formula is C29H33Cl2N3O4. The lowest BCUT2D eigenvalue weighted by Gasteiger charge is -2.42. The maximum absolute atomic E-state index is 12.5. The predicted octanol–water partition coefficient (Wildman–Crippen LogP) is 4.72. The highest BCUT2D eigenvalue weighted by Gasteiger charge is 2.41. The Kier molecular flexibility index (Phi) is 9.21. The molecule has 0 radical (unpaired) electrons. The van der Waals surface area contributed by atoms with Crippen LogP contribution in [-0.2, 0) is 27.3 Å². The number of carbonyl (C=O) groups excluding carboxylic acids is 1. The topological polar surface area (TPSA) is 75.1 Å². The number of aliphatic hydroxyl groups is 1. The van der Waals surface area contributed by atoms with Gasteiger partial charge in [-0.1, -0.05) is 47.5 Å². The van der Waals surface area contributed by atoms with E-state index in [1.165, 1.54) is 0 Å². The molecule has 1 aromatic heterocycles. The summed E-state index contributed by atoms with van der Waals surface area (Å²) in [6.07, 6.45) is 2.41. The molecule has 0 bridgehead atoms. The third-order valence-corrected chi connectivity index (χ3v) is 7.53. The molecule has 7 nitrogen and oxygen atoms in total. The number of hydrogen-bond donors (Lipinski definition) is 1. The summed E-state index contributed by atoms with van der Waals surface area (Å²) in [4.78, 5) is 21.1. The summed E-state index contributed by atoms with van der Waals surface area (Å²) in [6, 6.07) is 16.5. The van der Waals surface area contributed by atoms with E-state index in [2.05, 4.69) is 9.88 Å². The standard InChI is InChI=1S/C29H33Cl2N3O4/c1-28(36,20-34-12-14-38-15-13-34)23-6-11-27(21(16-23)19-35)29(37-3,22-4-7-24(30)8-5-22)33(2)18-26-10-9-25(31)17-32-26/h4-11,16-17,19,36H,12-15,18,20H2,1-3H3/t28?,29-/m1/s1. The average Bonchev–Trinajstić information content (AvgIpc) is 2.92. The number of halogens is 2. The molecule has 38 heavy (non-hydrogen) atoms. The van der Waals surface area contributed by atoms with Crippen LogP contribution in [0.5, 0.6) is 0 Å². The van der Waals surface area contributed by atoms with E-state index in [-0.39, 0.29) is 0 Å². The van der Waals surface area contributed by atoms with Crippen LogP contribution >= 0.6 is 23.2 Å². The average molecular weight is 559 g/mol. The van der Waals surface area contributed by atoms with E-state index in [1.807, 2.05) is 42.3 Å². The van der Waals surface area contributed by atoms with Crippen molar-refractivity contribution in [2.75, 3.05) is 47.0 Å². The predicted molar refractivity (Wildman–Crippen MR) is 149 cm³/mol. The van der Waals surface area contributed by atoms with Crippen molar-refractivity contribution in [1.29, 1.82) is 0 Å². The van der Waals surface area contributed by atoms with Crippen molar-refractivity contribution in [1.82, 2.24) is 14.8 Å². The third-order valence-electron chi connectivity index (χ3n) is 7.06. The fraction of sp³-hybridized carbons (Fsp3) is 0.379. The number of aldehydes is 1. The normalized spacial score (nSPS) is 17.7. The van der Waals surface area contributed by atoms with Gasteiger partial charge in [0.25, 0.3) is 0 Å². The second kappa shape index (κ2) is 12.2. The Labute approximate surface area is 233 Å². The Balaban J connectivity index is 1.78. The van der Waals surface area contributed by atoms with E-state index in [1.54, 1.807) is 44.5 Å². The lowest BCUT2D eigenvalue weighted by molar-refractivity contribution is -0.104. The molecule has 0 spiro atoms. The highest BCUT2D eigenvalue weighted by Crippen LogP contribution is 2.40. The minimum absolute atomic E-state index is 0.405. The first kappa shape index (κ1) is 28.6. The number of β-amino-alcohol motifs (C(OH)–C–C–N with tert-alkyl or cyclic N) is 1. The van der Waals surface area contributed by atoms with Crippen molar-refractivity contribution in [3.05, 3.63) is 98.8 Å². The van der Waals surface area contributed by atoms with Crippen molar-refractivity contribution < 1.29 is 19.4 Å². The van der Waals surface area contributed by atoms with Crippen molar-refractivity contribution >= 4 is 29.5 Å². The number of morpholine rings is 1. The molecule has 0 saturated carbocycles. The summed E-state index contributed by atoms with van der Waals surface area (Å²) in [5.41, 5.74) is 0.955. The Morgan fingerprint density at radius 1 is 1.08 bits per heavy atom. The van der Waals surface area contributed by atoms with Crippen LogP contribution in [0.3, 0.4) is 0 Å². The molecule has 202 valence electrons.